The maximum atomic E-state index is 11.8. The van der Waals surface area contributed by atoms with Gasteiger partial charge in [0.05, 0.1) is 6.61 Å². The van der Waals surface area contributed by atoms with Crippen LogP contribution in [0.5, 0.6) is 0 Å². The molecule has 0 aromatic heterocycles. The average Bonchev–Trinajstić information content (AvgIpc) is 2.27. The second kappa shape index (κ2) is 6.75. The van der Waals surface area contributed by atoms with Gasteiger partial charge in [0.25, 0.3) is 0 Å². The number of nitrogens with one attached hydrogen (secondary N) is 1. The van der Waals surface area contributed by atoms with Crippen LogP contribution in [0.25, 0.3) is 0 Å². The first kappa shape index (κ1) is 15.0. The predicted molar refractivity (Wildman–Crippen MR) is 64.5 cm³/mol. The summed E-state index contributed by atoms with van der Waals surface area (Å²) in [4.78, 5) is 0. The molecule has 0 saturated heterocycles. The molecule has 5 heteroatoms. The van der Waals surface area contributed by atoms with Gasteiger partial charge in [0, 0.05) is 12.6 Å². The van der Waals surface area contributed by atoms with Crippen LogP contribution in [0, 0.1) is 6.92 Å². The van der Waals surface area contributed by atoms with Gasteiger partial charge in [0.1, 0.15) is 6.61 Å². The fourth-order valence-electron chi connectivity index (χ4n) is 1.51. The van der Waals surface area contributed by atoms with Crippen LogP contribution < -0.4 is 5.32 Å². The van der Waals surface area contributed by atoms with E-state index in [0.29, 0.717) is 6.54 Å². The first-order valence-electron chi connectivity index (χ1n) is 5.83. The zero-order chi connectivity index (χ0) is 13.6. The van der Waals surface area contributed by atoms with Gasteiger partial charge in [-0.2, -0.15) is 13.2 Å². The Morgan fingerprint density at radius 2 is 1.83 bits per heavy atom. The van der Waals surface area contributed by atoms with Crippen LogP contribution in [0.15, 0.2) is 24.3 Å². The molecule has 0 aliphatic carbocycles. The van der Waals surface area contributed by atoms with Gasteiger partial charge in [0.15, 0.2) is 0 Å². The van der Waals surface area contributed by atoms with Crippen LogP contribution in [0.4, 0.5) is 13.2 Å². The van der Waals surface area contributed by atoms with E-state index in [9.17, 15) is 13.2 Å². The number of hydrogen-bond donors (Lipinski definition) is 1. The molecule has 0 spiro atoms. The summed E-state index contributed by atoms with van der Waals surface area (Å²) in [6.45, 7) is 3.23. The van der Waals surface area contributed by atoms with Crippen molar-refractivity contribution >= 4 is 0 Å². The van der Waals surface area contributed by atoms with Crippen molar-refractivity contribution in [3.05, 3.63) is 35.4 Å². The highest BCUT2D eigenvalue weighted by Gasteiger charge is 2.27. The second-order valence-electron chi connectivity index (χ2n) is 4.25. The summed E-state index contributed by atoms with van der Waals surface area (Å²) >= 11 is 0. The molecule has 0 unspecified atom stereocenters. The van der Waals surface area contributed by atoms with Crippen LogP contribution in [-0.4, -0.2) is 25.9 Å². The van der Waals surface area contributed by atoms with Gasteiger partial charge in [-0.15, -0.1) is 0 Å². The molecule has 102 valence electrons. The lowest BCUT2D eigenvalue weighted by atomic mass is 10.1. The third-order valence-electron chi connectivity index (χ3n) is 2.54. The topological polar surface area (TPSA) is 21.3 Å². The molecule has 1 aromatic rings. The summed E-state index contributed by atoms with van der Waals surface area (Å²) in [7, 11) is 0. The quantitative estimate of drug-likeness (QED) is 0.794. The Bertz CT molecular complexity index is 348. The largest absolute Gasteiger partial charge is 0.411 e. The fraction of sp³-hybridized carbons (Fsp3) is 0.538. The molecule has 1 N–H and O–H groups in total. The minimum atomic E-state index is -4.25. The Morgan fingerprint density at radius 3 is 2.39 bits per heavy atom. The molecule has 0 aliphatic rings. The zero-order valence-corrected chi connectivity index (χ0v) is 10.6. The van der Waals surface area contributed by atoms with Gasteiger partial charge >= 0.3 is 6.18 Å². The van der Waals surface area contributed by atoms with E-state index in [0.717, 1.165) is 5.56 Å². The summed E-state index contributed by atoms with van der Waals surface area (Å²) < 4.78 is 39.9. The Morgan fingerprint density at radius 1 is 1.22 bits per heavy atom. The van der Waals surface area contributed by atoms with Crippen molar-refractivity contribution in [1.29, 1.82) is 0 Å². The normalized spacial score (nSPS) is 13.6. The van der Waals surface area contributed by atoms with Gasteiger partial charge in [0.2, 0.25) is 0 Å². The summed E-state index contributed by atoms with van der Waals surface area (Å²) in [5.41, 5.74) is 2.29. The summed E-state index contributed by atoms with van der Waals surface area (Å²) in [5.74, 6) is 0. The number of hydrogen-bond acceptors (Lipinski definition) is 2. The zero-order valence-electron chi connectivity index (χ0n) is 10.6. The van der Waals surface area contributed by atoms with Crippen molar-refractivity contribution in [3.63, 3.8) is 0 Å². The number of ether oxygens (including phenoxy) is 1. The Hall–Kier alpha value is -1.07. The smallest absolute Gasteiger partial charge is 0.371 e. The van der Waals surface area contributed by atoms with Gasteiger partial charge in [-0.1, -0.05) is 29.8 Å². The second-order valence-corrected chi connectivity index (χ2v) is 4.25. The molecule has 2 nitrogen and oxygen atoms in total. The maximum absolute atomic E-state index is 11.8. The van der Waals surface area contributed by atoms with Crippen molar-refractivity contribution in [2.45, 2.75) is 26.1 Å². The highest BCUT2D eigenvalue weighted by molar-refractivity contribution is 5.23. The molecule has 1 aromatic carbocycles. The van der Waals surface area contributed by atoms with Crippen molar-refractivity contribution in [3.8, 4) is 0 Å². The average molecular weight is 261 g/mol. The summed E-state index contributed by atoms with van der Waals surface area (Å²) in [6, 6.07) is 8.12. The molecule has 1 rings (SSSR count). The highest BCUT2D eigenvalue weighted by atomic mass is 19.4. The van der Waals surface area contributed by atoms with E-state index < -0.39 is 12.8 Å². The molecule has 18 heavy (non-hydrogen) atoms. The molecular formula is C13H18F3NO. The molecule has 0 radical (unpaired) electrons. The van der Waals surface area contributed by atoms with E-state index in [-0.39, 0.29) is 12.6 Å². The van der Waals surface area contributed by atoms with E-state index in [4.69, 9.17) is 0 Å². The molecule has 0 fully saturated rings. The van der Waals surface area contributed by atoms with E-state index >= 15 is 0 Å². The van der Waals surface area contributed by atoms with Gasteiger partial charge < -0.3 is 10.1 Å². The lowest BCUT2D eigenvalue weighted by Crippen LogP contribution is -2.25. The third kappa shape index (κ3) is 6.02. The predicted octanol–water partition coefficient (Wildman–Crippen LogP) is 3.22. The van der Waals surface area contributed by atoms with E-state index in [1.807, 2.05) is 38.1 Å². The summed E-state index contributed by atoms with van der Waals surface area (Å²) in [6.07, 6.45) is -4.25. The minimum absolute atomic E-state index is 0.0513. The molecule has 0 bridgehead atoms. The van der Waals surface area contributed by atoms with Crippen LogP contribution >= 0.6 is 0 Å². The SMILES string of the molecule is Cc1ccc([C@@H](C)NCCOCC(F)(F)F)cc1. The minimum Gasteiger partial charge on any atom is -0.371 e. The first-order valence-corrected chi connectivity index (χ1v) is 5.83. The Kier molecular flexibility index (Phi) is 5.62. The standard InChI is InChI=1S/C13H18F3NO/c1-10-3-5-12(6-4-10)11(2)17-7-8-18-9-13(14,15)16/h3-6,11,17H,7-9H2,1-2H3/t11-/m1/s1. The van der Waals surface area contributed by atoms with Crippen molar-refractivity contribution in [2.75, 3.05) is 19.8 Å². The van der Waals surface area contributed by atoms with E-state index in [2.05, 4.69) is 10.1 Å². The molecule has 0 heterocycles. The molecule has 0 aliphatic heterocycles. The van der Waals surface area contributed by atoms with Crippen LogP contribution in [0.1, 0.15) is 24.1 Å². The van der Waals surface area contributed by atoms with Crippen molar-refractivity contribution in [1.82, 2.24) is 5.32 Å². The number of aryl methyl sites for hydroxylation is 1. The first-order chi connectivity index (χ1) is 8.38. The van der Waals surface area contributed by atoms with Gasteiger partial charge in [-0.3, -0.25) is 0 Å². The van der Waals surface area contributed by atoms with Gasteiger partial charge in [-0.05, 0) is 19.4 Å². The highest BCUT2D eigenvalue weighted by Crippen LogP contribution is 2.14. The number of rotatable bonds is 6. The molecular weight excluding hydrogens is 243 g/mol. The van der Waals surface area contributed by atoms with Crippen LogP contribution in [-0.2, 0) is 4.74 Å². The van der Waals surface area contributed by atoms with Gasteiger partial charge in [-0.25, -0.2) is 0 Å². The van der Waals surface area contributed by atoms with Crippen LogP contribution in [0.2, 0.25) is 0 Å². The van der Waals surface area contributed by atoms with E-state index in [1.54, 1.807) is 0 Å². The van der Waals surface area contributed by atoms with Crippen molar-refractivity contribution < 1.29 is 17.9 Å². The number of alkyl halides is 3. The Labute approximate surface area is 105 Å². The number of benzene rings is 1. The fourth-order valence-corrected chi connectivity index (χ4v) is 1.51. The van der Waals surface area contributed by atoms with Crippen molar-refractivity contribution in [2.24, 2.45) is 0 Å². The third-order valence-corrected chi connectivity index (χ3v) is 2.54. The Balaban J connectivity index is 2.21. The number of halogens is 3. The molecule has 0 amide bonds. The van der Waals surface area contributed by atoms with Crippen LogP contribution in [0.3, 0.4) is 0 Å². The lowest BCUT2D eigenvalue weighted by Gasteiger charge is -2.15. The molecule has 0 saturated carbocycles. The monoisotopic (exact) mass is 261 g/mol. The van der Waals surface area contributed by atoms with E-state index in [1.165, 1.54) is 5.56 Å². The molecule has 1 atom stereocenters. The lowest BCUT2D eigenvalue weighted by molar-refractivity contribution is -0.173. The summed E-state index contributed by atoms with van der Waals surface area (Å²) in [5, 5.41) is 3.11. The maximum Gasteiger partial charge on any atom is 0.411 e.